The Bertz CT molecular complexity index is 602. The Balaban J connectivity index is 1.96. The van der Waals surface area contributed by atoms with Crippen LogP contribution in [0.25, 0.3) is 10.8 Å². The molecule has 0 spiro atoms. The molecule has 1 aliphatic rings. The number of nitrogen functional groups attached to an aromatic ring is 1. The van der Waals surface area contributed by atoms with E-state index in [4.69, 9.17) is 5.73 Å². The minimum absolute atomic E-state index is 0.690. The predicted molar refractivity (Wildman–Crippen MR) is 86.0 cm³/mol. The smallest absolute Gasteiger partial charge is 0.0632 e. The Morgan fingerprint density at radius 2 is 2.10 bits per heavy atom. The van der Waals surface area contributed by atoms with E-state index in [0.29, 0.717) is 6.04 Å². The van der Waals surface area contributed by atoms with Gasteiger partial charge in [-0.1, -0.05) is 19.9 Å². The van der Waals surface area contributed by atoms with Gasteiger partial charge in [0.1, 0.15) is 0 Å². The van der Waals surface area contributed by atoms with E-state index in [0.717, 1.165) is 28.9 Å². The second kappa shape index (κ2) is 5.31. The number of benzene rings is 1. The van der Waals surface area contributed by atoms with Gasteiger partial charge in [-0.2, -0.15) is 0 Å². The number of aromatic nitrogens is 1. The topological polar surface area (TPSA) is 42.2 Å². The Morgan fingerprint density at radius 3 is 2.80 bits per heavy atom. The van der Waals surface area contributed by atoms with Crippen LogP contribution in [0.1, 0.15) is 33.1 Å². The van der Waals surface area contributed by atoms with E-state index in [1.54, 1.807) is 0 Å². The van der Waals surface area contributed by atoms with Crippen molar-refractivity contribution in [3.05, 3.63) is 30.6 Å². The highest BCUT2D eigenvalue weighted by atomic mass is 15.2. The molecule has 3 rings (SSSR count). The molecule has 0 amide bonds. The second-order valence-corrected chi connectivity index (χ2v) is 6.20. The van der Waals surface area contributed by atoms with E-state index in [9.17, 15) is 0 Å². The Labute approximate surface area is 120 Å². The van der Waals surface area contributed by atoms with Crippen molar-refractivity contribution in [3.8, 4) is 0 Å². The van der Waals surface area contributed by atoms with Gasteiger partial charge in [0.05, 0.1) is 11.4 Å². The Hall–Kier alpha value is -1.77. The van der Waals surface area contributed by atoms with Gasteiger partial charge in [0, 0.05) is 35.8 Å². The zero-order chi connectivity index (χ0) is 14.1. The standard InChI is InChI=1S/C17H23N3/c1-12(2)8-10-20(14-4-5-14)16-6-3-13-11-19-9-7-15(13)17(16)18/h3,6-7,9,11-12,14H,4-5,8,10,18H2,1-2H3. The molecule has 1 heterocycles. The highest BCUT2D eigenvalue weighted by Crippen LogP contribution is 2.38. The molecule has 0 unspecified atom stereocenters. The SMILES string of the molecule is CC(C)CCN(c1ccc2cnccc2c1N)C1CC1. The third-order valence-corrected chi connectivity index (χ3v) is 4.08. The molecule has 1 aliphatic carbocycles. The summed E-state index contributed by atoms with van der Waals surface area (Å²) < 4.78 is 0. The van der Waals surface area contributed by atoms with Crippen LogP contribution >= 0.6 is 0 Å². The molecule has 20 heavy (non-hydrogen) atoms. The van der Waals surface area contributed by atoms with Crippen molar-refractivity contribution in [2.45, 2.75) is 39.2 Å². The molecule has 1 aromatic carbocycles. The van der Waals surface area contributed by atoms with E-state index in [2.05, 4.69) is 35.9 Å². The summed E-state index contributed by atoms with van der Waals surface area (Å²) in [6, 6.07) is 7.01. The highest BCUT2D eigenvalue weighted by Gasteiger charge is 2.30. The van der Waals surface area contributed by atoms with Gasteiger partial charge >= 0.3 is 0 Å². The van der Waals surface area contributed by atoms with Crippen LogP contribution < -0.4 is 10.6 Å². The highest BCUT2D eigenvalue weighted by molar-refractivity contribution is 5.98. The van der Waals surface area contributed by atoms with Crippen LogP contribution in [0.15, 0.2) is 30.6 Å². The molecule has 2 N–H and O–H groups in total. The number of pyridine rings is 1. The number of hydrogen-bond donors (Lipinski definition) is 1. The molecular formula is C17H23N3. The summed E-state index contributed by atoms with van der Waals surface area (Å²) in [5.41, 5.74) is 8.53. The third-order valence-electron chi connectivity index (χ3n) is 4.08. The summed E-state index contributed by atoms with van der Waals surface area (Å²) >= 11 is 0. The van der Waals surface area contributed by atoms with Crippen LogP contribution in [0.5, 0.6) is 0 Å². The fourth-order valence-electron chi connectivity index (χ4n) is 2.71. The summed E-state index contributed by atoms with van der Waals surface area (Å²) in [7, 11) is 0. The van der Waals surface area contributed by atoms with Crippen LogP contribution in [0.2, 0.25) is 0 Å². The van der Waals surface area contributed by atoms with Crippen LogP contribution in [0.4, 0.5) is 11.4 Å². The fourth-order valence-corrected chi connectivity index (χ4v) is 2.71. The lowest BCUT2D eigenvalue weighted by Gasteiger charge is -2.27. The minimum atomic E-state index is 0.690. The molecular weight excluding hydrogens is 246 g/mol. The molecule has 1 saturated carbocycles. The number of fused-ring (bicyclic) bond motifs is 1. The van der Waals surface area contributed by atoms with Crippen molar-refractivity contribution in [1.29, 1.82) is 0 Å². The molecule has 1 aromatic heterocycles. The van der Waals surface area contributed by atoms with Crippen molar-refractivity contribution >= 4 is 22.1 Å². The zero-order valence-electron chi connectivity index (χ0n) is 12.3. The number of anilines is 2. The first-order valence-electron chi connectivity index (χ1n) is 7.55. The molecule has 0 atom stereocenters. The lowest BCUT2D eigenvalue weighted by molar-refractivity contribution is 0.571. The van der Waals surface area contributed by atoms with Crippen molar-refractivity contribution in [3.63, 3.8) is 0 Å². The summed E-state index contributed by atoms with van der Waals surface area (Å²) in [4.78, 5) is 6.68. The van der Waals surface area contributed by atoms with Crippen molar-refractivity contribution in [2.75, 3.05) is 17.2 Å². The van der Waals surface area contributed by atoms with Crippen molar-refractivity contribution in [1.82, 2.24) is 4.98 Å². The molecule has 2 aromatic rings. The van der Waals surface area contributed by atoms with E-state index < -0.39 is 0 Å². The Morgan fingerprint density at radius 1 is 1.30 bits per heavy atom. The van der Waals surface area contributed by atoms with Crippen LogP contribution in [0.3, 0.4) is 0 Å². The normalized spacial score (nSPS) is 14.9. The van der Waals surface area contributed by atoms with Gasteiger partial charge in [0.25, 0.3) is 0 Å². The molecule has 0 aliphatic heterocycles. The molecule has 1 fully saturated rings. The monoisotopic (exact) mass is 269 g/mol. The quantitative estimate of drug-likeness (QED) is 0.839. The summed E-state index contributed by atoms with van der Waals surface area (Å²) in [5, 5.41) is 2.24. The van der Waals surface area contributed by atoms with E-state index in [1.165, 1.54) is 24.9 Å². The lowest BCUT2D eigenvalue weighted by Crippen LogP contribution is -2.28. The maximum atomic E-state index is 6.42. The average molecular weight is 269 g/mol. The third kappa shape index (κ3) is 2.58. The first-order chi connectivity index (χ1) is 9.66. The predicted octanol–water partition coefficient (Wildman–Crippen LogP) is 3.83. The molecule has 106 valence electrons. The average Bonchev–Trinajstić information content (AvgIpc) is 3.26. The van der Waals surface area contributed by atoms with Gasteiger partial charge in [-0.3, -0.25) is 4.98 Å². The van der Waals surface area contributed by atoms with Gasteiger partial charge in [-0.25, -0.2) is 0 Å². The van der Waals surface area contributed by atoms with E-state index in [-0.39, 0.29) is 0 Å². The van der Waals surface area contributed by atoms with E-state index in [1.807, 2.05) is 18.5 Å². The number of rotatable bonds is 5. The van der Waals surface area contributed by atoms with Gasteiger partial charge in [0.15, 0.2) is 0 Å². The maximum Gasteiger partial charge on any atom is 0.0632 e. The summed E-state index contributed by atoms with van der Waals surface area (Å²) in [6.07, 6.45) is 7.51. The first kappa shape index (κ1) is 13.2. The minimum Gasteiger partial charge on any atom is -0.397 e. The number of hydrogen-bond acceptors (Lipinski definition) is 3. The zero-order valence-corrected chi connectivity index (χ0v) is 12.3. The second-order valence-electron chi connectivity index (χ2n) is 6.20. The van der Waals surface area contributed by atoms with Crippen LogP contribution in [-0.2, 0) is 0 Å². The van der Waals surface area contributed by atoms with Crippen LogP contribution in [-0.4, -0.2) is 17.6 Å². The fraction of sp³-hybridized carbons (Fsp3) is 0.471. The first-order valence-corrected chi connectivity index (χ1v) is 7.55. The van der Waals surface area contributed by atoms with E-state index >= 15 is 0 Å². The molecule has 0 saturated heterocycles. The van der Waals surface area contributed by atoms with Crippen LogP contribution in [0, 0.1) is 5.92 Å². The van der Waals surface area contributed by atoms with Crippen molar-refractivity contribution < 1.29 is 0 Å². The summed E-state index contributed by atoms with van der Waals surface area (Å²) in [5.74, 6) is 0.724. The van der Waals surface area contributed by atoms with Gasteiger partial charge in [-0.15, -0.1) is 0 Å². The molecule has 3 heteroatoms. The molecule has 3 nitrogen and oxygen atoms in total. The van der Waals surface area contributed by atoms with Gasteiger partial charge in [0.2, 0.25) is 0 Å². The van der Waals surface area contributed by atoms with Crippen molar-refractivity contribution in [2.24, 2.45) is 5.92 Å². The maximum absolute atomic E-state index is 6.42. The number of nitrogens with zero attached hydrogens (tertiary/aromatic N) is 2. The molecule has 0 radical (unpaired) electrons. The molecule has 0 bridgehead atoms. The lowest BCUT2D eigenvalue weighted by atomic mass is 10.1. The largest absolute Gasteiger partial charge is 0.397 e. The Kier molecular flexibility index (Phi) is 3.51. The number of nitrogens with two attached hydrogens (primary N) is 1. The summed E-state index contributed by atoms with van der Waals surface area (Å²) in [6.45, 7) is 5.66. The van der Waals surface area contributed by atoms with Gasteiger partial charge in [-0.05, 0) is 37.3 Å². The van der Waals surface area contributed by atoms with Gasteiger partial charge < -0.3 is 10.6 Å².